The lowest BCUT2D eigenvalue weighted by Crippen LogP contribution is -2.05. The van der Waals surface area contributed by atoms with Gasteiger partial charge in [0, 0.05) is 23.7 Å². The number of alkyl halides is 3. The van der Waals surface area contributed by atoms with E-state index >= 15 is 0 Å². The highest BCUT2D eigenvalue weighted by molar-refractivity contribution is 9.10. The third-order valence-electron chi connectivity index (χ3n) is 5.12. The molecule has 0 bridgehead atoms. The number of nitrogens with zero attached hydrogens (tertiary/aromatic N) is 4. The van der Waals surface area contributed by atoms with Gasteiger partial charge in [0.05, 0.1) is 29.8 Å². The minimum absolute atomic E-state index is 0.00720. The molecule has 0 aliphatic rings. The van der Waals surface area contributed by atoms with Crippen molar-refractivity contribution in [2.45, 2.75) is 19.6 Å². The predicted molar refractivity (Wildman–Crippen MR) is 121 cm³/mol. The highest BCUT2D eigenvalue weighted by Crippen LogP contribution is 2.34. The Bertz CT molecular complexity index is 1350. The largest absolute Gasteiger partial charge is 0.497 e. The highest BCUT2D eigenvalue weighted by Gasteiger charge is 2.25. The Morgan fingerprint density at radius 2 is 1.88 bits per heavy atom. The van der Waals surface area contributed by atoms with Crippen LogP contribution in [-0.2, 0) is 13.2 Å². The highest BCUT2D eigenvalue weighted by atomic mass is 79.9. The summed E-state index contributed by atoms with van der Waals surface area (Å²) in [4.78, 5) is 8.24. The van der Waals surface area contributed by atoms with Gasteiger partial charge in [0.2, 0.25) is 0 Å². The van der Waals surface area contributed by atoms with Crippen LogP contribution in [0.15, 0.2) is 41.1 Å². The first-order chi connectivity index (χ1) is 16.4. The van der Waals surface area contributed by atoms with Crippen LogP contribution in [0.2, 0.25) is 0 Å². The standard InChI is InChI=1S/C22H18BrF4N5O2/c1-33-14-4-3-11(16(7-14)34-2)9-28-21-17-19(20(26)27)31-32(22(17)30-10-29-21)13-5-12(8-24)18(25)15(23)6-13/h3-7,10,20H,8-9H2,1-2H3,(H,28,29,30). The maximum absolute atomic E-state index is 14.1. The second-order valence-electron chi connectivity index (χ2n) is 7.08. The van der Waals surface area contributed by atoms with Gasteiger partial charge in [-0.25, -0.2) is 32.2 Å². The number of methoxy groups -OCH3 is 2. The lowest BCUT2D eigenvalue weighted by Gasteiger charge is -2.12. The van der Waals surface area contributed by atoms with Crippen LogP contribution < -0.4 is 14.8 Å². The van der Waals surface area contributed by atoms with Gasteiger partial charge >= 0.3 is 0 Å². The number of halogens is 5. The van der Waals surface area contributed by atoms with E-state index in [1.54, 1.807) is 18.2 Å². The van der Waals surface area contributed by atoms with E-state index in [0.29, 0.717) is 11.5 Å². The van der Waals surface area contributed by atoms with Crippen LogP contribution in [0.3, 0.4) is 0 Å². The zero-order valence-electron chi connectivity index (χ0n) is 18.0. The van der Waals surface area contributed by atoms with Crippen molar-refractivity contribution in [3.63, 3.8) is 0 Å². The van der Waals surface area contributed by atoms with Crippen LogP contribution in [-0.4, -0.2) is 34.0 Å². The van der Waals surface area contributed by atoms with Gasteiger partial charge in [0.25, 0.3) is 6.43 Å². The number of ether oxygens (including phenoxy) is 2. The van der Waals surface area contributed by atoms with Crippen molar-refractivity contribution in [1.82, 2.24) is 19.7 Å². The first kappa shape index (κ1) is 23.7. The normalized spacial score (nSPS) is 11.3. The SMILES string of the molecule is COc1ccc(CNc2ncnc3c2c(C(F)F)nn3-c2cc(Br)c(F)c(CF)c2)c(OC)c1. The number of aromatic nitrogens is 4. The fraction of sp³-hybridized carbons (Fsp3) is 0.227. The van der Waals surface area contributed by atoms with Crippen LogP contribution >= 0.6 is 15.9 Å². The Labute approximate surface area is 199 Å². The van der Waals surface area contributed by atoms with Crippen LogP contribution in [0.1, 0.15) is 23.2 Å². The average molecular weight is 540 g/mol. The van der Waals surface area contributed by atoms with Crippen molar-refractivity contribution in [1.29, 1.82) is 0 Å². The molecule has 0 fully saturated rings. The molecule has 0 aliphatic heterocycles. The zero-order valence-corrected chi connectivity index (χ0v) is 19.5. The van der Waals surface area contributed by atoms with Gasteiger partial charge in [-0.05, 0) is 40.2 Å². The molecule has 4 aromatic rings. The first-order valence-corrected chi connectivity index (χ1v) is 10.7. The topological polar surface area (TPSA) is 74.1 Å². The summed E-state index contributed by atoms with van der Waals surface area (Å²) < 4.78 is 66.9. The molecule has 2 heterocycles. The fourth-order valence-electron chi connectivity index (χ4n) is 3.47. The molecule has 0 amide bonds. The van der Waals surface area contributed by atoms with Gasteiger partial charge in [-0.3, -0.25) is 0 Å². The number of anilines is 1. The first-order valence-electron chi connectivity index (χ1n) is 9.88. The molecule has 2 aromatic heterocycles. The summed E-state index contributed by atoms with van der Waals surface area (Å²) in [5.41, 5.74) is 0.140. The van der Waals surface area contributed by atoms with Crippen molar-refractivity contribution in [2.75, 3.05) is 19.5 Å². The molecule has 4 rings (SSSR count). The van der Waals surface area contributed by atoms with Gasteiger partial charge in [-0.1, -0.05) is 0 Å². The number of benzene rings is 2. The van der Waals surface area contributed by atoms with Crippen molar-refractivity contribution < 1.29 is 27.0 Å². The van der Waals surface area contributed by atoms with Crippen LogP contribution in [0.4, 0.5) is 23.4 Å². The molecule has 2 aromatic carbocycles. The lowest BCUT2D eigenvalue weighted by molar-refractivity contribution is 0.147. The molecule has 34 heavy (non-hydrogen) atoms. The molecule has 0 saturated heterocycles. The summed E-state index contributed by atoms with van der Waals surface area (Å²) in [6.45, 7) is -0.883. The summed E-state index contributed by atoms with van der Waals surface area (Å²) in [6, 6.07) is 7.72. The molecule has 1 N–H and O–H groups in total. The minimum Gasteiger partial charge on any atom is -0.497 e. The summed E-state index contributed by atoms with van der Waals surface area (Å²) in [7, 11) is 3.04. The Morgan fingerprint density at radius 1 is 1.09 bits per heavy atom. The van der Waals surface area contributed by atoms with Crippen molar-refractivity contribution in [3.8, 4) is 17.2 Å². The van der Waals surface area contributed by atoms with Gasteiger partial charge in [0.1, 0.15) is 41.8 Å². The number of rotatable bonds is 8. The lowest BCUT2D eigenvalue weighted by atomic mass is 10.2. The molecule has 178 valence electrons. The van der Waals surface area contributed by atoms with Gasteiger partial charge in [-0.2, -0.15) is 5.10 Å². The molecular formula is C22H18BrF4N5O2. The molecule has 0 aliphatic carbocycles. The number of nitrogens with one attached hydrogen (secondary N) is 1. The summed E-state index contributed by atoms with van der Waals surface area (Å²) >= 11 is 3.03. The second-order valence-corrected chi connectivity index (χ2v) is 7.94. The van der Waals surface area contributed by atoms with Gasteiger partial charge in [0.15, 0.2) is 5.65 Å². The van der Waals surface area contributed by atoms with Crippen LogP contribution in [0, 0.1) is 5.82 Å². The Hall–Kier alpha value is -3.41. The average Bonchev–Trinajstić information content (AvgIpc) is 3.25. The summed E-state index contributed by atoms with van der Waals surface area (Å²) in [6.07, 6.45) is -1.76. The molecule has 12 heteroatoms. The second kappa shape index (κ2) is 9.84. The maximum Gasteiger partial charge on any atom is 0.282 e. The summed E-state index contributed by atoms with van der Waals surface area (Å²) in [5, 5.41) is 7.02. The maximum atomic E-state index is 14.1. The van der Waals surface area contributed by atoms with E-state index in [1.165, 1.54) is 32.7 Å². The van der Waals surface area contributed by atoms with Crippen molar-refractivity contribution in [3.05, 3.63) is 63.8 Å². The number of hydrogen-bond donors (Lipinski definition) is 1. The van der Waals surface area contributed by atoms with Gasteiger partial charge in [-0.15, -0.1) is 0 Å². The Morgan fingerprint density at radius 3 is 2.56 bits per heavy atom. The third-order valence-corrected chi connectivity index (χ3v) is 5.69. The smallest absolute Gasteiger partial charge is 0.282 e. The summed E-state index contributed by atoms with van der Waals surface area (Å²) in [5.74, 6) is 0.486. The quantitative estimate of drug-likeness (QED) is 0.287. The van der Waals surface area contributed by atoms with E-state index in [4.69, 9.17) is 9.47 Å². The van der Waals surface area contributed by atoms with Crippen LogP contribution in [0.25, 0.3) is 16.7 Å². The molecule has 0 radical (unpaired) electrons. The van der Waals surface area contributed by atoms with E-state index in [0.717, 1.165) is 10.2 Å². The van der Waals surface area contributed by atoms with E-state index in [1.807, 2.05) is 0 Å². The van der Waals surface area contributed by atoms with E-state index < -0.39 is 24.6 Å². The molecule has 7 nitrogen and oxygen atoms in total. The minimum atomic E-state index is -2.95. The molecule has 0 unspecified atom stereocenters. The van der Waals surface area contributed by atoms with Crippen molar-refractivity contribution >= 4 is 32.8 Å². The van der Waals surface area contributed by atoms with E-state index in [9.17, 15) is 17.6 Å². The van der Waals surface area contributed by atoms with Crippen LogP contribution in [0.5, 0.6) is 11.5 Å². The Balaban J connectivity index is 1.79. The van der Waals surface area contributed by atoms with Crippen molar-refractivity contribution in [2.24, 2.45) is 0 Å². The fourth-order valence-corrected chi connectivity index (χ4v) is 3.96. The molecular weight excluding hydrogens is 522 g/mol. The van der Waals surface area contributed by atoms with E-state index in [2.05, 4.69) is 36.3 Å². The monoisotopic (exact) mass is 539 g/mol. The van der Waals surface area contributed by atoms with E-state index in [-0.39, 0.29) is 39.1 Å². The number of fused-ring (bicyclic) bond motifs is 1. The van der Waals surface area contributed by atoms with Gasteiger partial charge < -0.3 is 14.8 Å². The molecule has 0 saturated carbocycles. The Kier molecular flexibility index (Phi) is 6.87. The molecule has 0 spiro atoms. The number of hydrogen-bond acceptors (Lipinski definition) is 6. The predicted octanol–water partition coefficient (Wildman–Crippen LogP) is 5.75. The zero-order chi connectivity index (χ0) is 24.4. The molecule has 0 atom stereocenters. The third kappa shape index (κ3) is 4.37.